The summed E-state index contributed by atoms with van der Waals surface area (Å²) in [7, 11) is 1.76. The zero-order valence-electron chi connectivity index (χ0n) is 14.9. The normalized spacial score (nSPS) is 27.5. The molecule has 1 aromatic rings. The molecular weight excluding hydrogens is 304 g/mol. The second-order valence-corrected chi connectivity index (χ2v) is 7.06. The molecule has 1 amide bonds. The minimum absolute atomic E-state index is 0.0383. The Bertz CT molecular complexity index is 576. The van der Waals surface area contributed by atoms with E-state index in [9.17, 15) is 4.79 Å². The van der Waals surface area contributed by atoms with Crippen molar-refractivity contribution in [3.05, 3.63) is 29.3 Å². The van der Waals surface area contributed by atoms with Gasteiger partial charge in [-0.1, -0.05) is 18.2 Å². The van der Waals surface area contributed by atoms with Gasteiger partial charge >= 0.3 is 0 Å². The van der Waals surface area contributed by atoms with Gasteiger partial charge in [0.05, 0.1) is 12.6 Å². The number of nitrogens with zero attached hydrogens (tertiary/aromatic N) is 1. The number of amides is 1. The summed E-state index contributed by atoms with van der Waals surface area (Å²) in [5, 5.41) is 3.08. The van der Waals surface area contributed by atoms with E-state index in [0.717, 1.165) is 55.8 Å². The van der Waals surface area contributed by atoms with Crippen LogP contribution in [-0.4, -0.2) is 55.9 Å². The lowest BCUT2D eigenvalue weighted by Gasteiger charge is -2.44. The van der Waals surface area contributed by atoms with E-state index in [4.69, 9.17) is 9.47 Å². The minimum atomic E-state index is -0.230. The average Bonchev–Trinajstić information content (AvgIpc) is 3.00. The van der Waals surface area contributed by atoms with Crippen LogP contribution in [0.5, 0.6) is 0 Å². The second kappa shape index (κ2) is 7.21. The lowest BCUT2D eigenvalue weighted by atomic mass is 9.87. The summed E-state index contributed by atoms with van der Waals surface area (Å²) in [5.74, 6) is 0.0383. The molecule has 0 aromatic heterocycles. The summed E-state index contributed by atoms with van der Waals surface area (Å²) in [4.78, 5) is 14.7. The highest BCUT2D eigenvalue weighted by Crippen LogP contribution is 2.36. The largest absolute Gasteiger partial charge is 0.378 e. The molecule has 1 aromatic carbocycles. The number of methoxy groups -OCH3 is 1. The van der Waals surface area contributed by atoms with Gasteiger partial charge in [0.15, 0.2) is 0 Å². The Morgan fingerprint density at radius 3 is 2.79 bits per heavy atom. The van der Waals surface area contributed by atoms with Crippen LogP contribution in [0.1, 0.15) is 30.4 Å². The monoisotopic (exact) mass is 332 g/mol. The van der Waals surface area contributed by atoms with Crippen molar-refractivity contribution < 1.29 is 14.3 Å². The number of nitrogens with one attached hydrogen (secondary N) is 1. The Hall–Kier alpha value is -1.43. The van der Waals surface area contributed by atoms with Crippen LogP contribution in [-0.2, 0) is 14.3 Å². The molecule has 2 aliphatic heterocycles. The molecule has 2 aliphatic rings. The van der Waals surface area contributed by atoms with Crippen molar-refractivity contribution in [2.75, 3.05) is 38.7 Å². The molecule has 0 saturated carbocycles. The van der Waals surface area contributed by atoms with Crippen molar-refractivity contribution in [3.8, 4) is 0 Å². The predicted molar refractivity (Wildman–Crippen MR) is 94.3 cm³/mol. The summed E-state index contributed by atoms with van der Waals surface area (Å²) >= 11 is 0. The maximum atomic E-state index is 12.5. The molecule has 0 radical (unpaired) electrons. The molecule has 3 rings (SSSR count). The van der Waals surface area contributed by atoms with Crippen LogP contribution in [0.4, 0.5) is 5.69 Å². The fourth-order valence-electron chi connectivity index (χ4n) is 4.08. The average molecular weight is 332 g/mol. The van der Waals surface area contributed by atoms with Gasteiger partial charge in [-0.25, -0.2) is 0 Å². The summed E-state index contributed by atoms with van der Waals surface area (Å²) in [6, 6.07) is 6.05. The number of carbonyl (C=O) groups excluding carboxylic acids is 1. The molecule has 24 heavy (non-hydrogen) atoms. The zero-order valence-corrected chi connectivity index (χ0v) is 14.9. The van der Waals surface area contributed by atoms with Crippen molar-refractivity contribution in [2.24, 2.45) is 0 Å². The standard InChI is InChI=1S/C19H28N2O3/c1-14-6-4-7-15(2)18(14)20-17(22)12-21-10-8-16(23-3)19(13-21)9-5-11-24-19/h4,6-7,16H,5,8-13H2,1-3H3,(H,20,22)/t16-,19-/m0/s1. The maximum absolute atomic E-state index is 12.5. The molecule has 2 fully saturated rings. The molecule has 0 bridgehead atoms. The van der Waals surface area contributed by atoms with Gasteiger partial charge in [0.25, 0.3) is 0 Å². The minimum Gasteiger partial charge on any atom is -0.378 e. The van der Waals surface area contributed by atoms with Gasteiger partial charge in [0, 0.05) is 32.5 Å². The first-order chi connectivity index (χ1) is 11.5. The van der Waals surface area contributed by atoms with Crippen LogP contribution in [0.2, 0.25) is 0 Å². The van der Waals surface area contributed by atoms with Gasteiger partial charge in [-0.15, -0.1) is 0 Å². The van der Waals surface area contributed by atoms with Crippen molar-refractivity contribution in [1.29, 1.82) is 0 Å². The van der Waals surface area contributed by atoms with E-state index in [2.05, 4.69) is 10.2 Å². The highest BCUT2D eigenvalue weighted by Gasteiger charge is 2.47. The number of benzene rings is 1. The van der Waals surface area contributed by atoms with Gasteiger partial charge in [0.2, 0.25) is 5.91 Å². The van der Waals surface area contributed by atoms with Gasteiger partial charge in [-0.05, 0) is 44.2 Å². The molecule has 1 N–H and O–H groups in total. The lowest BCUT2D eigenvalue weighted by molar-refractivity contribution is -0.146. The molecule has 1 spiro atoms. The molecule has 0 aliphatic carbocycles. The van der Waals surface area contributed by atoms with E-state index < -0.39 is 0 Å². The first-order valence-corrected chi connectivity index (χ1v) is 8.79. The fraction of sp³-hybridized carbons (Fsp3) is 0.632. The lowest BCUT2D eigenvalue weighted by Crippen LogP contribution is -2.58. The molecule has 5 heteroatoms. The van der Waals surface area contributed by atoms with Crippen molar-refractivity contribution in [2.45, 2.75) is 44.8 Å². The zero-order chi connectivity index (χ0) is 17.2. The topological polar surface area (TPSA) is 50.8 Å². The number of hydrogen-bond acceptors (Lipinski definition) is 4. The Labute approximate surface area is 144 Å². The van der Waals surface area contributed by atoms with Crippen LogP contribution in [0.3, 0.4) is 0 Å². The van der Waals surface area contributed by atoms with Gasteiger partial charge in [-0.2, -0.15) is 0 Å². The Morgan fingerprint density at radius 2 is 2.17 bits per heavy atom. The van der Waals surface area contributed by atoms with Gasteiger partial charge in [-0.3, -0.25) is 9.69 Å². The third-order valence-corrected chi connectivity index (χ3v) is 5.32. The van der Waals surface area contributed by atoms with E-state index >= 15 is 0 Å². The van der Waals surface area contributed by atoms with Crippen molar-refractivity contribution >= 4 is 11.6 Å². The first-order valence-electron chi connectivity index (χ1n) is 8.79. The van der Waals surface area contributed by atoms with Crippen LogP contribution in [0, 0.1) is 13.8 Å². The number of anilines is 1. The van der Waals surface area contributed by atoms with Crippen LogP contribution < -0.4 is 5.32 Å². The fourth-order valence-corrected chi connectivity index (χ4v) is 4.08. The smallest absolute Gasteiger partial charge is 0.238 e. The summed E-state index contributed by atoms with van der Waals surface area (Å²) in [6.45, 7) is 6.87. The van der Waals surface area contributed by atoms with Gasteiger partial charge in [0.1, 0.15) is 5.60 Å². The molecule has 2 saturated heterocycles. The Balaban J connectivity index is 1.63. The van der Waals surface area contributed by atoms with Crippen molar-refractivity contribution in [1.82, 2.24) is 4.90 Å². The van der Waals surface area contributed by atoms with E-state index in [-0.39, 0.29) is 17.6 Å². The number of piperidine rings is 1. The van der Waals surface area contributed by atoms with Gasteiger partial charge < -0.3 is 14.8 Å². The summed E-state index contributed by atoms with van der Waals surface area (Å²) < 4.78 is 11.7. The predicted octanol–water partition coefficient (Wildman–Crippen LogP) is 2.51. The number of para-hydroxylation sites is 1. The van der Waals surface area contributed by atoms with E-state index in [1.54, 1.807) is 7.11 Å². The third-order valence-electron chi connectivity index (χ3n) is 5.32. The Morgan fingerprint density at radius 1 is 1.42 bits per heavy atom. The number of hydrogen-bond donors (Lipinski definition) is 1. The number of likely N-dealkylation sites (tertiary alicyclic amines) is 1. The Kier molecular flexibility index (Phi) is 5.23. The number of aryl methyl sites for hydroxylation is 2. The van der Waals surface area contributed by atoms with E-state index in [0.29, 0.717) is 6.54 Å². The van der Waals surface area contributed by atoms with E-state index in [1.165, 1.54) is 0 Å². The van der Waals surface area contributed by atoms with Crippen LogP contribution in [0.25, 0.3) is 0 Å². The van der Waals surface area contributed by atoms with Crippen LogP contribution >= 0.6 is 0 Å². The molecule has 132 valence electrons. The summed E-state index contributed by atoms with van der Waals surface area (Å²) in [6.07, 6.45) is 3.13. The third kappa shape index (κ3) is 3.48. The molecule has 2 atom stereocenters. The number of ether oxygens (including phenoxy) is 2. The highest BCUT2D eigenvalue weighted by molar-refractivity contribution is 5.93. The highest BCUT2D eigenvalue weighted by atomic mass is 16.5. The molecule has 5 nitrogen and oxygen atoms in total. The quantitative estimate of drug-likeness (QED) is 0.920. The summed E-state index contributed by atoms with van der Waals surface area (Å²) in [5.41, 5.74) is 2.89. The molecule has 2 heterocycles. The van der Waals surface area contributed by atoms with Crippen molar-refractivity contribution in [3.63, 3.8) is 0 Å². The van der Waals surface area contributed by atoms with Crippen LogP contribution in [0.15, 0.2) is 18.2 Å². The molecular formula is C19H28N2O3. The number of rotatable bonds is 4. The SMILES string of the molecule is CO[C@H]1CCN(CC(=O)Nc2c(C)cccc2C)C[C@@]12CCCO2. The number of carbonyl (C=O) groups is 1. The molecule has 0 unspecified atom stereocenters. The second-order valence-electron chi connectivity index (χ2n) is 7.06. The first kappa shape index (κ1) is 17.4. The van der Waals surface area contributed by atoms with E-state index in [1.807, 2.05) is 32.0 Å². The maximum Gasteiger partial charge on any atom is 0.238 e.